The van der Waals surface area contributed by atoms with Crippen LogP contribution in [0.5, 0.6) is 0 Å². The van der Waals surface area contributed by atoms with Gasteiger partial charge in [0.15, 0.2) is 0 Å². The van der Waals surface area contributed by atoms with Crippen LogP contribution in [0.15, 0.2) is 47.4 Å². The zero-order chi connectivity index (χ0) is 18.9. The standard InChI is InChI=1S/2C8H4F3NS/c2*9-8(10,11)5-1-2-6-7(3-5)13-4-12-6/h2*1-4H. The molecule has 10 heteroatoms. The molecule has 0 radical (unpaired) electrons. The molecule has 0 bridgehead atoms. The van der Waals surface area contributed by atoms with Crippen molar-refractivity contribution >= 4 is 43.1 Å². The summed E-state index contributed by atoms with van der Waals surface area (Å²) >= 11 is 2.41. The summed E-state index contributed by atoms with van der Waals surface area (Å²) in [7, 11) is 0. The first kappa shape index (κ1) is 18.6. The molecule has 0 saturated heterocycles. The van der Waals surface area contributed by atoms with Gasteiger partial charge in [-0.1, -0.05) is 0 Å². The Morgan fingerprint density at radius 1 is 0.615 bits per heavy atom. The number of aromatic nitrogens is 2. The number of alkyl halides is 6. The number of fused-ring (bicyclic) bond motifs is 2. The Labute approximate surface area is 150 Å². The summed E-state index contributed by atoms with van der Waals surface area (Å²) in [6, 6.07) is 7.09. The lowest BCUT2D eigenvalue weighted by Gasteiger charge is -2.04. The smallest absolute Gasteiger partial charge is 0.245 e. The summed E-state index contributed by atoms with van der Waals surface area (Å²) in [6.45, 7) is 0. The van der Waals surface area contributed by atoms with E-state index in [9.17, 15) is 26.3 Å². The lowest BCUT2D eigenvalue weighted by molar-refractivity contribution is -0.138. The fourth-order valence-corrected chi connectivity index (χ4v) is 3.50. The van der Waals surface area contributed by atoms with Gasteiger partial charge in [-0.25, -0.2) is 9.97 Å². The number of thiazole rings is 2. The fraction of sp³-hybridized carbons (Fsp3) is 0.125. The van der Waals surface area contributed by atoms with Crippen LogP contribution >= 0.6 is 22.7 Å². The highest BCUT2D eigenvalue weighted by Gasteiger charge is 2.31. The zero-order valence-electron chi connectivity index (χ0n) is 12.6. The van der Waals surface area contributed by atoms with Crippen LogP contribution < -0.4 is 0 Å². The van der Waals surface area contributed by atoms with E-state index < -0.39 is 23.5 Å². The maximum Gasteiger partial charge on any atom is 0.416 e. The van der Waals surface area contributed by atoms with Crippen molar-refractivity contribution in [3.8, 4) is 0 Å². The molecule has 0 fully saturated rings. The van der Waals surface area contributed by atoms with E-state index in [4.69, 9.17) is 0 Å². The van der Waals surface area contributed by atoms with Gasteiger partial charge in [0.05, 0.1) is 42.6 Å². The summed E-state index contributed by atoms with van der Waals surface area (Å²) in [4.78, 5) is 7.79. The normalized spacial score (nSPS) is 12.2. The van der Waals surface area contributed by atoms with Gasteiger partial charge >= 0.3 is 12.4 Å². The average molecular weight is 406 g/mol. The molecule has 0 unspecified atom stereocenters. The number of hydrogen-bond acceptors (Lipinski definition) is 4. The molecular formula is C16H8F6N2S2. The fourth-order valence-electron chi connectivity index (χ4n) is 2.06. The van der Waals surface area contributed by atoms with E-state index in [0.29, 0.717) is 20.4 Å². The SMILES string of the molecule is FC(F)(F)c1ccc2ncsc2c1.FC(F)(F)c1ccc2ncsc2c1. The predicted octanol–water partition coefficient (Wildman–Crippen LogP) is 6.63. The van der Waals surface area contributed by atoms with Crippen molar-refractivity contribution in [2.45, 2.75) is 12.4 Å². The molecule has 4 aromatic rings. The van der Waals surface area contributed by atoms with Crippen LogP contribution in [0.2, 0.25) is 0 Å². The highest BCUT2D eigenvalue weighted by atomic mass is 32.1. The Hall–Kier alpha value is -2.20. The van der Waals surface area contributed by atoms with Crippen molar-refractivity contribution in [3.05, 3.63) is 58.5 Å². The van der Waals surface area contributed by atoms with Crippen LogP contribution in [0.25, 0.3) is 20.4 Å². The van der Waals surface area contributed by atoms with Gasteiger partial charge in [0, 0.05) is 0 Å². The van der Waals surface area contributed by atoms with E-state index in [1.54, 1.807) is 0 Å². The third kappa shape index (κ3) is 4.13. The molecule has 2 aromatic heterocycles. The second-order valence-electron chi connectivity index (χ2n) is 5.07. The molecule has 0 amide bonds. The third-order valence-electron chi connectivity index (χ3n) is 3.32. The molecule has 136 valence electrons. The molecule has 0 N–H and O–H groups in total. The minimum Gasteiger partial charge on any atom is -0.245 e. The molecular weight excluding hydrogens is 398 g/mol. The zero-order valence-corrected chi connectivity index (χ0v) is 14.2. The van der Waals surface area contributed by atoms with E-state index in [1.807, 2.05) is 0 Å². The van der Waals surface area contributed by atoms with Crippen molar-refractivity contribution in [2.75, 3.05) is 0 Å². The molecule has 0 spiro atoms. The van der Waals surface area contributed by atoms with E-state index in [-0.39, 0.29) is 0 Å². The van der Waals surface area contributed by atoms with Crippen molar-refractivity contribution in [3.63, 3.8) is 0 Å². The second-order valence-corrected chi connectivity index (χ2v) is 6.84. The van der Waals surface area contributed by atoms with Gasteiger partial charge in [0.2, 0.25) is 0 Å². The highest BCUT2D eigenvalue weighted by molar-refractivity contribution is 7.17. The lowest BCUT2D eigenvalue weighted by atomic mass is 10.2. The summed E-state index contributed by atoms with van der Waals surface area (Å²) < 4.78 is 74.4. The molecule has 2 aromatic carbocycles. The first-order valence-electron chi connectivity index (χ1n) is 6.95. The topological polar surface area (TPSA) is 25.8 Å². The minimum absolute atomic E-state index is 0.565. The molecule has 0 aliphatic carbocycles. The van der Waals surface area contributed by atoms with Gasteiger partial charge in [-0.15, -0.1) is 22.7 Å². The summed E-state index contributed by atoms with van der Waals surface area (Å²) in [5, 5.41) is 0. The average Bonchev–Trinajstić information content (AvgIpc) is 3.21. The van der Waals surface area contributed by atoms with E-state index in [0.717, 1.165) is 24.3 Å². The first-order chi connectivity index (χ1) is 12.1. The maximum atomic E-state index is 12.2. The minimum atomic E-state index is -4.27. The van der Waals surface area contributed by atoms with Crippen molar-refractivity contribution < 1.29 is 26.3 Å². The molecule has 0 atom stereocenters. The van der Waals surface area contributed by atoms with E-state index in [2.05, 4.69) is 9.97 Å². The van der Waals surface area contributed by atoms with Gasteiger partial charge < -0.3 is 0 Å². The number of benzene rings is 2. The molecule has 0 aliphatic rings. The third-order valence-corrected chi connectivity index (χ3v) is 4.90. The quantitative estimate of drug-likeness (QED) is 0.306. The van der Waals surface area contributed by atoms with Crippen LogP contribution in [-0.4, -0.2) is 9.97 Å². The number of rotatable bonds is 0. The first-order valence-corrected chi connectivity index (χ1v) is 8.71. The van der Waals surface area contributed by atoms with Gasteiger partial charge in [-0.2, -0.15) is 26.3 Å². The number of nitrogens with zero attached hydrogens (tertiary/aromatic N) is 2. The highest BCUT2D eigenvalue weighted by Crippen LogP contribution is 2.33. The Morgan fingerprint density at radius 2 is 1.00 bits per heavy atom. The van der Waals surface area contributed by atoms with Crippen molar-refractivity contribution in [1.29, 1.82) is 0 Å². The van der Waals surface area contributed by atoms with Crippen LogP contribution in [0.1, 0.15) is 11.1 Å². The van der Waals surface area contributed by atoms with Crippen molar-refractivity contribution in [2.24, 2.45) is 0 Å². The van der Waals surface area contributed by atoms with E-state index >= 15 is 0 Å². The van der Waals surface area contributed by atoms with Crippen LogP contribution in [0.3, 0.4) is 0 Å². The van der Waals surface area contributed by atoms with Crippen LogP contribution in [0, 0.1) is 0 Å². The Morgan fingerprint density at radius 3 is 1.35 bits per heavy atom. The van der Waals surface area contributed by atoms with Crippen LogP contribution in [0.4, 0.5) is 26.3 Å². The maximum absolute atomic E-state index is 12.2. The van der Waals surface area contributed by atoms with E-state index in [1.165, 1.54) is 45.8 Å². The largest absolute Gasteiger partial charge is 0.416 e. The molecule has 2 nitrogen and oxygen atoms in total. The Kier molecular flexibility index (Phi) is 4.89. The van der Waals surface area contributed by atoms with Gasteiger partial charge in [-0.05, 0) is 36.4 Å². The Bertz CT molecular complexity index is 948. The van der Waals surface area contributed by atoms with Gasteiger partial charge in [0.25, 0.3) is 0 Å². The Balaban J connectivity index is 0.000000151. The second kappa shape index (κ2) is 6.84. The molecule has 4 rings (SSSR count). The molecule has 0 aliphatic heterocycles. The van der Waals surface area contributed by atoms with Gasteiger partial charge in [-0.3, -0.25) is 0 Å². The summed E-state index contributed by atoms with van der Waals surface area (Å²) in [5.74, 6) is 0. The number of hydrogen-bond donors (Lipinski definition) is 0. The molecule has 26 heavy (non-hydrogen) atoms. The predicted molar refractivity (Wildman–Crippen MR) is 89.2 cm³/mol. The van der Waals surface area contributed by atoms with Crippen LogP contribution in [-0.2, 0) is 12.4 Å². The summed E-state index contributed by atoms with van der Waals surface area (Å²) in [5.41, 5.74) is 3.04. The van der Waals surface area contributed by atoms with Gasteiger partial charge in [0.1, 0.15) is 0 Å². The molecule has 0 saturated carbocycles. The monoisotopic (exact) mass is 406 g/mol. The lowest BCUT2D eigenvalue weighted by Crippen LogP contribution is -2.03. The summed E-state index contributed by atoms with van der Waals surface area (Å²) in [6.07, 6.45) is -8.53. The van der Waals surface area contributed by atoms with Crippen molar-refractivity contribution in [1.82, 2.24) is 9.97 Å². The molecule has 2 heterocycles. The number of halogens is 6.